The highest BCUT2D eigenvalue weighted by atomic mass is 15.0. The van der Waals surface area contributed by atoms with Crippen LogP contribution in [0.4, 0.5) is 17.3 Å². The van der Waals surface area contributed by atoms with Gasteiger partial charge >= 0.3 is 0 Å². The Bertz CT molecular complexity index is 547. The molecule has 1 aromatic carbocycles. The van der Waals surface area contributed by atoms with Gasteiger partial charge in [0.2, 0.25) is 0 Å². The molecule has 0 aliphatic carbocycles. The van der Waals surface area contributed by atoms with Gasteiger partial charge < -0.3 is 11.1 Å². The molecule has 0 unspecified atom stereocenters. The van der Waals surface area contributed by atoms with Crippen LogP contribution in [0.2, 0.25) is 0 Å². The molecule has 2 aromatic rings. The maximum atomic E-state index is 5.79. The summed E-state index contributed by atoms with van der Waals surface area (Å²) in [5, 5.41) is 3.21. The molecule has 0 spiro atoms. The van der Waals surface area contributed by atoms with E-state index in [1.807, 2.05) is 37.3 Å². The van der Waals surface area contributed by atoms with Crippen molar-refractivity contribution in [3.05, 3.63) is 54.1 Å². The molecule has 1 aromatic heterocycles. The maximum Gasteiger partial charge on any atom is 0.133 e. The van der Waals surface area contributed by atoms with Gasteiger partial charge in [0.15, 0.2) is 0 Å². The first-order chi connectivity index (χ1) is 8.19. The van der Waals surface area contributed by atoms with Crippen LogP contribution in [0, 0.1) is 6.92 Å². The van der Waals surface area contributed by atoms with Gasteiger partial charge in [0, 0.05) is 11.3 Å². The van der Waals surface area contributed by atoms with E-state index in [0.717, 1.165) is 17.1 Å². The number of pyridine rings is 1. The second-order valence-corrected chi connectivity index (χ2v) is 3.87. The number of anilines is 3. The second kappa shape index (κ2) is 4.70. The highest BCUT2D eigenvalue weighted by Crippen LogP contribution is 2.19. The van der Waals surface area contributed by atoms with Crippen LogP contribution in [0.3, 0.4) is 0 Å². The van der Waals surface area contributed by atoms with Crippen molar-refractivity contribution < 1.29 is 0 Å². The van der Waals surface area contributed by atoms with E-state index in [9.17, 15) is 0 Å². The van der Waals surface area contributed by atoms with Gasteiger partial charge in [-0.3, -0.25) is 0 Å². The smallest absolute Gasteiger partial charge is 0.133 e. The van der Waals surface area contributed by atoms with E-state index in [1.54, 1.807) is 6.08 Å². The average Bonchev–Trinajstić information content (AvgIpc) is 2.29. The summed E-state index contributed by atoms with van der Waals surface area (Å²) in [5.74, 6) is 1.22. The van der Waals surface area contributed by atoms with Crippen LogP contribution in [0.25, 0.3) is 6.08 Å². The molecule has 1 heterocycles. The van der Waals surface area contributed by atoms with E-state index in [0.29, 0.717) is 5.82 Å². The van der Waals surface area contributed by atoms with Crippen LogP contribution in [0.1, 0.15) is 11.1 Å². The van der Waals surface area contributed by atoms with Gasteiger partial charge in [-0.05, 0) is 36.8 Å². The quantitative estimate of drug-likeness (QED) is 0.842. The fourth-order valence-corrected chi connectivity index (χ4v) is 1.60. The Morgan fingerprint density at radius 3 is 2.76 bits per heavy atom. The summed E-state index contributed by atoms with van der Waals surface area (Å²) in [4.78, 5) is 4.26. The van der Waals surface area contributed by atoms with Gasteiger partial charge in [-0.2, -0.15) is 0 Å². The molecule has 3 heteroatoms. The Balaban J connectivity index is 2.24. The summed E-state index contributed by atoms with van der Waals surface area (Å²) in [6.07, 6.45) is 1.69. The Labute approximate surface area is 101 Å². The van der Waals surface area contributed by atoms with E-state index in [1.165, 1.54) is 5.56 Å². The van der Waals surface area contributed by atoms with Crippen molar-refractivity contribution >= 4 is 23.4 Å². The fourth-order valence-electron chi connectivity index (χ4n) is 1.60. The number of nitrogens with zero attached hydrogens (tertiary/aromatic N) is 1. The number of hydrogen-bond acceptors (Lipinski definition) is 3. The molecule has 86 valence electrons. The highest BCUT2D eigenvalue weighted by Gasteiger charge is 2.00. The third-order valence-corrected chi connectivity index (χ3v) is 2.47. The monoisotopic (exact) mass is 225 g/mol. The molecule has 0 atom stereocenters. The van der Waals surface area contributed by atoms with Crippen molar-refractivity contribution in [2.75, 3.05) is 11.1 Å². The first-order valence-corrected chi connectivity index (χ1v) is 5.41. The maximum absolute atomic E-state index is 5.79. The van der Waals surface area contributed by atoms with Crippen LogP contribution in [0.5, 0.6) is 0 Å². The summed E-state index contributed by atoms with van der Waals surface area (Å²) < 4.78 is 0. The number of benzene rings is 1. The minimum Gasteiger partial charge on any atom is -0.383 e. The number of hydrogen-bond donors (Lipinski definition) is 2. The average molecular weight is 225 g/mol. The molecule has 3 N–H and O–H groups in total. The standard InChI is InChI=1S/C14H15N3/c1-3-11-7-8-13(17-14(11)15)16-12-6-4-5-10(2)9-12/h3-9H,1H2,2H3,(H3,15,16,17). The molecule has 3 nitrogen and oxygen atoms in total. The molecule has 0 aliphatic heterocycles. The van der Waals surface area contributed by atoms with Crippen LogP contribution >= 0.6 is 0 Å². The number of rotatable bonds is 3. The normalized spacial score (nSPS) is 9.94. The minimum absolute atomic E-state index is 0.484. The predicted molar refractivity (Wildman–Crippen MR) is 73.2 cm³/mol. The highest BCUT2D eigenvalue weighted by molar-refractivity contribution is 5.65. The molecule has 0 radical (unpaired) electrons. The van der Waals surface area contributed by atoms with E-state index >= 15 is 0 Å². The summed E-state index contributed by atoms with van der Waals surface area (Å²) in [7, 11) is 0. The van der Waals surface area contributed by atoms with Gasteiger partial charge in [-0.15, -0.1) is 0 Å². The Morgan fingerprint density at radius 1 is 1.29 bits per heavy atom. The number of nitrogen functional groups attached to an aromatic ring is 1. The zero-order valence-corrected chi connectivity index (χ0v) is 9.77. The fraction of sp³-hybridized carbons (Fsp3) is 0.0714. The van der Waals surface area contributed by atoms with Gasteiger partial charge in [-0.1, -0.05) is 24.8 Å². The number of aromatic nitrogens is 1. The topological polar surface area (TPSA) is 50.9 Å². The third kappa shape index (κ3) is 2.64. The van der Waals surface area contributed by atoms with Crippen LogP contribution < -0.4 is 11.1 Å². The number of aryl methyl sites for hydroxylation is 1. The van der Waals surface area contributed by atoms with Crippen LogP contribution in [-0.4, -0.2) is 4.98 Å². The third-order valence-electron chi connectivity index (χ3n) is 2.47. The first-order valence-electron chi connectivity index (χ1n) is 5.41. The zero-order chi connectivity index (χ0) is 12.3. The molecule has 2 rings (SSSR count). The first kappa shape index (κ1) is 11.2. The SMILES string of the molecule is C=Cc1ccc(Nc2cccc(C)c2)nc1N. The van der Waals surface area contributed by atoms with Gasteiger partial charge in [0.1, 0.15) is 11.6 Å². The van der Waals surface area contributed by atoms with E-state index in [-0.39, 0.29) is 0 Å². The largest absolute Gasteiger partial charge is 0.383 e. The lowest BCUT2D eigenvalue weighted by Gasteiger charge is -2.08. The Kier molecular flexibility index (Phi) is 3.10. The van der Waals surface area contributed by atoms with Crippen molar-refractivity contribution in [3.63, 3.8) is 0 Å². The molecular weight excluding hydrogens is 210 g/mol. The van der Waals surface area contributed by atoms with Crippen LogP contribution in [-0.2, 0) is 0 Å². The van der Waals surface area contributed by atoms with E-state index in [4.69, 9.17) is 5.73 Å². The lowest BCUT2D eigenvalue weighted by Crippen LogP contribution is -1.99. The summed E-state index contributed by atoms with van der Waals surface area (Å²) in [6, 6.07) is 11.9. The van der Waals surface area contributed by atoms with Crippen LogP contribution in [0.15, 0.2) is 43.0 Å². The molecule has 0 saturated heterocycles. The molecule has 0 amide bonds. The molecular formula is C14H15N3. The zero-order valence-electron chi connectivity index (χ0n) is 9.77. The van der Waals surface area contributed by atoms with Crippen molar-refractivity contribution in [1.29, 1.82) is 0 Å². The second-order valence-electron chi connectivity index (χ2n) is 3.87. The molecule has 0 fully saturated rings. The van der Waals surface area contributed by atoms with Crippen molar-refractivity contribution in [2.24, 2.45) is 0 Å². The number of nitrogens with two attached hydrogens (primary N) is 1. The van der Waals surface area contributed by atoms with Gasteiger partial charge in [0.05, 0.1) is 0 Å². The molecule has 17 heavy (non-hydrogen) atoms. The van der Waals surface area contributed by atoms with E-state index < -0.39 is 0 Å². The number of nitrogens with one attached hydrogen (secondary N) is 1. The Morgan fingerprint density at radius 2 is 2.12 bits per heavy atom. The summed E-state index contributed by atoms with van der Waals surface area (Å²) in [6.45, 7) is 5.73. The van der Waals surface area contributed by atoms with Gasteiger partial charge in [-0.25, -0.2) is 4.98 Å². The molecule has 0 bridgehead atoms. The van der Waals surface area contributed by atoms with Gasteiger partial charge in [0.25, 0.3) is 0 Å². The van der Waals surface area contributed by atoms with E-state index in [2.05, 4.69) is 22.9 Å². The Hall–Kier alpha value is -2.29. The predicted octanol–water partition coefficient (Wildman–Crippen LogP) is 3.36. The summed E-state index contributed by atoms with van der Waals surface area (Å²) in [5.41, 5.74) is 8.84. The molecule has 0 saturated carbocycles. The minimum atomic E-state index is 0.484. The van der Waals surface area contributed by atoms with Crippen molar-refractivity contribution in [2.45, 2.75) is 6.92 Å². The lowest BCUT2D eigenvalue weighted by atomic mass is 10.2. The van der Waals surface area contributed by atoms with Crippen molar-refractivity contribution in [1.82, 2.24) is 4.98 Å². The lowest BCUT2D eigenvalue weighted by molar-refractivity contribution is 1.30. The molecule has 0 aliphatic rings. The summed E-state index contributed by atoms with van der Waals surface area (Å²) >= 11 is 0. The van der Waals surface area contributed by atoms with Crippen molar-refractivity contribution in [3.8, 4) is 0 Å².